The molecule has 0 N–H and O–H groups in total. The lowest BCUT2D eigenvalue weighted by molar-refractivity contribution is 0.895. The summed E-state index contributed by atoms with van der Waals surface area (Å²) in [5.74, 6) is 0. The molecular formula is C13H20. The molecule has 0 heteroatoms. The van der Waals surface area contributed by atoms with E-state index in [-0.39, 0.29) is 0 Å². The fraction of sp³-hybridized carbons (Fsp3) is 0.538. The van der Waals surface area contributed by atoms with Crippen LogP contribution >= 0.6 is 0 Å². The van der Waals surface area contributed by atoms with Crippen LogP contribution in [0.4, 0.5) is 0 Å². The van der Waals surface area contributed by atoms with Crippen molar-refractivity contribution < 1.29 is 0 Å². The Morgan fingerprint density at radius 2 is 2.08 bits per heavy atom. The largest absolute Gasteiger partial charge is 0.0838 e. The predicted molar refractivity (Wildman–Crippen MR) is 59.7 cm³/mol. The number of allylic oxidation sites excluding steroid dienone is 6. The lowest BCUT2D eigenvalue weighted by Gasteiger charge is -2.15. The smallest absolute Gasteiger partial charge is 0.0242 e. The van der Waals surface area contributed by atoms with E-state index < -0.39 is 0 Å². The van der Waals surface area contributed by atoms with Crippen molar-refractivity contribution in [1.82, 2.24) is 0 Å². The van der Waals surface area contributed by atoms with Crippen LogP contribution in [0.2, 0.25) is 0 Å². The molecule has 0 amide bonds. The Labute approximate surface area is 82.0 Å². The van der Waals surface area contributed by atoms with E-state index in [9.17, 15) is 0 Å². The summed E-state index contributed by atoms with van der Waals surface area (Å²) in [5.41, 5.74) is 4.49. The Kier molecular flexibility index (Phi) is 4.01. The number of rotatable bonds is 3. The highest BCUT2D eigenvalue weighted by Gasteiger charge is 2.07. The molecule has 0 saturated carbocycles. The van der Waals surface area contributed by atoms with Crippen LogP contribution < -0.4 is 0 Å². The van der Waals surface area contributed by atoms with Gasteiger partial charge in [0.1, 0.15) is 0 Å². The van der Waals surface area contributed by atoms with Crippen LogP contribution in [0.3, 0.4) is 0 Å². The van der Waals surface area contributed by atoms with Gasteiger partial charge in [-0.25, -0.2) is 0 Å². The third-order valence-electron chi connectivity index (χ3n) is 2.60. The van der Waals surface area contributed by atoms with Gasteiger partial charge in [-0.05, 0) is 49.8 Å². The molecule has 0 fully saturated rings. The molecule has 0 heterocycles. The number of hydrogen-bond acceptors (Lipinski definition) is 0. The molecule has 0 bridgehead atoms. The molecule has 1 rings (SSSR count). The Morgan fingerprint density at radius 3 is 2.62 bits per heavy atom. The van der Waals surface area contributed by atoms with Crippen LogP contribution in [-0.4, -0.2) is 0 Å². The topological polar surface area (TPSA) is 0 Å². The SMILES string of the molecule is C/C=C(/CCC)C1=CCCC=C1C. The standard InChI is InChI=1S/C13H20/c1-4-8-12(5-2)13-10-7-6-9-11(13)3/h5,9-10H,4,6-8H2,1-3H3/b12-5-. The monoisotopic (exact) mass is 176 g/mol. The summed E-state index contributed by atoms with van der Waals surface area (Å²) in [6.45, 7) is 6.61. The molecule has 72 valence electrons. The Bertz CT molecular complexity index is 251. The molecule has 0 saturated heterocycles. The van der Waals surface area contributed by atoms with E-state index in [0.717, 1.165) is 0 Å². The number of hydrogen-bond donors (Lipinski definition) is 0. The molecule has 0 atom stereocenters. The van der Waals surface area contributed by atoms with E-state index >= 15 is 0 Å². The van der Waals surface area contributed by atoms with Crippen LogP contribution in [0.5, 0.6) is 0 Å². The van der Waals surface area contributed by atoms with Gasteiger partial charge in [-0.3, -0.25) is 0 Å². The molecule has 0 aromatic heterocycles. The molecule has 0 spiro atoms. The molecule has 13 heavy (non-hydrogen) atoms. The van der Waals surface area contributed by atoms with Crippen LogP contribution in [0.15, 0.2) is 34.9 Å². The first kappa shape index (κ1) is 10.3. The van der Waals surface area contributed by atoms with Gasteiger partial charge in [-0.2, -0.15) is 0 Å². The van der Waals surface area contributed by atoms with Gasteiger partial charge in [0.15, 0.2) is 0 Å². The summed E-state index contributed by atoms with van der Waals surface area (Å²) in [5, 5.41) is 0. The van der Waals surface area contributed by atoms with Gasteiger partial charge < -0.3 is 0 Å². The van der Waals surface area contributed by atoms with Crippen molar-refractivity contribution >= 4 is 0 Å². The van der Waals surface area contributed by atoms with Crippen molar-refractivity contribution in [2.45, 2.75) is 46.5 Å². The predicted octanol–water partition coefficient (Wildman–Crippen LogP) is 4.40. The molecule has 1 aliphatic rings. The molecule has 0 aliphatic heterocycles. The van der Waals surface area contributed by atoms with Gasteiger partial charge in [-0.1, -0.05) is 31.6 Å². The van der Waals surface area contributed by atoms with E-state index in [1.807, 2.05) is 0 Å². The fourth-order valence-electron chi connectivity index (χ4n) is 1.89. The zero-order chi connectivity index (χ0) is 9.68. The normalized spacial score (nSPS) is 18.2. The van der Waals surface area contributed by atoms with Crippen molar-refractivity contribution in [1.29, 1.82) is 0 Å². The summed E-state index contributed by atoms with van der Waals surface area (Å²) in [6.07, 6.45) is 11.9. The van der Waals surface area contributed by atoms with Crippen molar-refractivity contribution in [2.24, 2.45) is 0 Å². The minimum absolute atomic E-state index is 1.22. The molecule has 0 nitrogen and oxygen atoms in total. The Morgan fingerprint density at radius 1 is 1.38 bits per heavy atom. The zero-order valence-corrected chi connectivity index (χ0v) is 9.06. The summed E-state index contributed by atoms with van der Waals surface area (Å²) >= 11 is 0. The average molecular weight is 176 g/mol. The second-order valence-corrected chi connectivity index (χ2v) is 3.65. The second-order valence-electron chi connectivity index (χ2n) is 3.65. The molecule has 1 aliphatic carbocycles. The van der Waals surface area contributed by atoms with Crippen molar-refractivity contribution in [3.05, 3.63) is 34.9 Å². The molecular weight excluding hydrogens is 156 g/mol. The summed E-state index contributed by atoms with van der Waals surface area (Å²) in [4.78, 5) is 0. The maximum absolute atomic E-state index is 2.39. The quantitative estimate of drug-likeness (QED) is 0.598. The van der Waals surface area contributed by atoms with E-state index in [1.165, 1.54) is 42.4 Å². The zero-order valence-electron chi connectivity index (χ0n) is 9.06. The maximum Gasteiger partial charge on any atom is -0.0242 e. The van der Waals surface area contributed by atoms with Gasteiger partial charge in [0.2, 0.25) is 0 Å². The first-order chi connectivity index (χ1) is 6.29. The molecule has 0 radical (unpaired) electrons. The second kappa shape index (κ2) is 5.06. The highest BCUT2D eigenvalue weighted by Crippen LogP contribution is 2.27. The van der Waals surface area contributed by atoms with Gasteiger partial charge >= 0.3 is 0 Å². The third-order valence-corrected chi connectivity index (χ3v) is 2.60. The Balaban J connectivity index is 2.80. The minimum atomic E-state index is 1.22. The molecule has 0 aromatic rings. The summed E-state index contributed by atoms with van der Waals surface area (Å²) in [7, 11) is 0. The van der Waals surface area contributed by atoms with E-state index in [2.05, 4.69) is 39.0 Å². The highest BCUT2D eigenvalue weighted by molar-refractivity contribution is 5.46. The minimum Gasteiger partial charge on any atom is -0.0838 e. The van der Waals surface area contributed by atoms with Gasteiger partial charge in [0.25, 0.3) is 0 Å². The average Bonchev–Trinajstić information content (AvgIpc) is 2.16. The fourth-order valence-corrected chi connectivity index (χ4v) is 1.89. The van der Waals surface area contributed by atoms with Crippen LogP contribution in [0.1, 0.15) is 46.5 Å². The van der Waals surface area contributed by atoms with E-state index in [0.29, 0.717) is 0 Å². The lowest BCUT2D eigenvalue weighted by atomic mass is 9.90. The van der Waals surface area contributed by atoms with E-state index in [1.54, 1.807) is 0 Å². The van der Waals surface area contributed by atoms with Gasteiger partial charge in [0, 0.05) is 0 Å². The first-order valence-corrected chi connectivity index (χ1v) is 5.32. The van der Waals surface area contributed by atoms with Gasteiger partial charge in [0.05, 0.1) is 0 Å². The van der Waals surface area contributed by atoms with Gasteiger partial charge in [-0.15, -0.1) is 0 Å². The van der Waals surface area contributed by atoms with Crippen molar-refractivity contribution in [2.75, 3.05) is 0 Å². The Hall–Kier alpha value is -0.780. The maximum atomic E-state index is 2.39. The van der Waals surface area contributed by atoms with Crippen molar-refractivity contribution in [3.63, 3.8) is 0 Å². The highest BCUT2D eigenvalue weighted by atomic mass is 14.1. The molecule has 0 unspecified atom stereocenters. The summed E-state index contributed by atoms with van der Waals surface area (Å²) in [6, 6.07) is 0. The van der Waals surface area contributed by atoms with Crippen molar-refractivity contribution in [3.8, 4) is 0 Å². The molecule has 0 aromatic carbocycles. The first-order valence-electron chi connectivity index (χ1n) is 5.32. The van der Waals surface area contributed by atoms with Crippen LogP contribution in [-0.2, 0) is 0 Å². The summed E-state index contributed by atoms with van der Waals surface area (Å²) < 4.78 is 0. The third kappa shape index (κ3) is 2.58. The lowest BCUT2D eigenvalue weighted by Crippen LogP contribution is -1.96. The van der Waals surface area contributed by atoms with Crippen LogP contribution in [0, 0.1) is 0 Å². The van der Waals surface area contributed by atoms with E-state index in [4.69, 9.17) is 0 Å². The van der Waals surface area contributed by atoms with Crippen LogP contribution in [0.25, 0.3) is 0 Å².